The van der Waals surface area contributed by atoms with E-state index in [0.717, 1.165) is 12.2 Å². The Labute approximate surface area is 94.5 Å². The number of carboxylic acid groups (broad SMARTS) is 1. The van der Waals surface area contributed by atoms with Crippen molar-refractivity contribution in [2.45, 2.75) is 39.2 Å². The third-order valence-electron chi connectivity index (χ3n) is 2.87. The number of hydrogen-bond acceptors (Lipinski definition) is 3. The molecular formula is C11H17N3O2. The van der Waals surface area contributed by atoms with Gasteiger partial charge in [0.25, 0.3) is 0 Å². The summed E-state index contributed by atoms with van der Waals surface area (Å²) in [4.78, 5) is 14.9. The molecule has 1 saturated carbocycles. The predicted octanol–water partition coefficient (Wildman–Crippen LogP) is 1.30. The van der Waals surface area contributed by atoms with Crippen molar-refractivity contribution in [3.63, 3.8) is 0 Å². The minimum absolute atomic E-state index is 0.0546. The average molecular weight is 223 g/mol. The quantitative estimate of drug-likeness (QED) is 0.838. The lowest BCUT2D eigenvalue weighted by atomic mass is 9.96. The Morgan fingerprint density at radius 1 is 1.62 bits per heavy atom. The summed E-state index contributed by atoms with van der Waals surface area (Å²) in [5.41, 5.74) is -0.0546. The SMILES string of the molecule is CC(C)(C)c1ncn(C[C@@H]2C[C@H]2C(=O)O)n1. The van der Waals surface area contributed by atoms with Crippen LogP contribution >= 0.6 is 0 Å². The first-order valence-corrected chi connectivity index (χ1v) is 5.50. The molecule has 88 valence electrons. The zero-order chi connectivity index (χ0) is 11.9. The van der Waals surface area contributed by atoms with Crippen LogP contribution in [-0.2, 0) is 16.8 Å². The van der Waals surface area contributed by atoms with Crippen LogP contribution in [0.25, 0.3) is 0 Å². The molecule has 1 aliphatic carbocycles. The first kappa shape index (κ1) is 11.1. The van der Waals surface area contributed by atoms with E-state index in [9.17, 15) is 4.79 Å². The molecule has 2 rings (SSSR count). The van der Waals surface area contributed by atoms with Crippen LogP contribution in [0.4, 0.5) is 0 Å². The van der Waals surface area contributed by atoms with Gasteiger partial charge < -0.3 is 5.11 Å². The van der Waals surface area contributed by atoms with Gasteiger partial charge in [-0.15, -0.1) is 0 Å². The lowest BCUT2D eigenvalue weighted by Crippen LogP contribution is -2.14. The standard InChI is InChI=1S/C11H17N3O2/c1-11(2,3)10-12-6-14(13-10)5-7-4-8(7)9(15)16/h6-8H,4-5H2,1-3H3,(H,15,16)/t7-,8+/m0/s1. The number of hydrogen-bond donors (Lipinski definition) is 1. The molecular weight excluding hydrogens is 206 g/mol. The van der Waals surface area contributed by atoms with Crippen LogP contribution in [0.1, 0.15) is 33.0 Å². The maximum atomic E-state index is 10.7. The summed E-state index contributed by atoms with van der Waals surface area (Å²) in [5, 5.41) is 13.2. The maximum absolute atomic E-state index is 10.7. The van der Waals surface area contributed by atoms with E-state index in [-0.39, 0.29) is 17.3 Å². The molecule has 0 unspecified atom stereocenters. The topological polar surface area (TPSA) is 68.0 Å². The molecule has 2 atom stereocenters. The number of rotatable bonds is 3. The number of nitrogens with zero attached hydrogens (tertiary/aromatic N) is 3. The van der Waals surface area contributed by atoms with Crippen molar-refractivity contribution in [2.24, 2.45) is 11.8 Å². The normalized spacial score (nSPS) is 24.4. The first-order chi connectivity index (χ1) is 7.38. The van der Waals surface area contributed by atoms with Gasteiger partial charge in [0.15, 0.2) is 5.82 Å². The highest BCUT2D eigenvalue weighted by Gasteiger charge is 2.43. The Morgan fingerprint density at radius 2 is 2.31 bits per heavy atom. The third kappa shape index (κ3) is 2.23. The molecule has 0 amide bonds. The molecule has 0 radical (unpaired) electrons. The van der Waals surface area contributed by atoms with Crippen LogP contribution < -0.4 is 0 Å². The predicted molar refractivity (Wildman–Crippen MR) is 58.0 cm³/mol. The van der Waals surface area contributed by atoms with Gasteiger partial charge in [0.05, 0.1) is 5.92 Å². The van der Waals surface area contributed by atoms with Crippen molar-refractivity contribution in [2.75, 3.05) is 0 Å². The molecule has 0 aromatic carbocycles. The fraction of sp³-hybridized carbons (Fsp3) is 0.727. The highest BCUT2D eigenvalue weighted by atomic mass is 16.4. The summed E-state index contributed by atoms with van der Waals surface area (Å²) in [7, 11) is 0. The molecule has 1 aromatic rings. The minimum atomic E-state index is -0.693. The van der Waals surface area contributed by atoms with E-state index in [1.807, 2.05) is 0 Å². The maximum Gasteiger partial charge on any atom is 0.306 e. The summed E-state index contributed by atoms with van der Waals surface area (Å²) in [6.07, 6.45) is 2.46. The number of aliphatic carboxylic acids is 1. The molecule has 1 fully saturated rings. The van der Waals surface area contributed by atoms with Crippen molar-refractivity contribution < 1.29 is 9.90 Å². The van der Waals surface area contributed by atoms with Crippen LogP contribution in [-0.4, -0.2) is 25.8 Å². The largest absolute Gasteiger partial charge is 0.481 e. The second kappa shape index (κ2) is 3.57. The van der Waals surface area contributed by atoms with Crippen LogP contribution in [0.5, 0.6) is 0 Å². The Hall–Kier alpha value is -1.39. The van der Waals surface area contributed by atoms with Gasteiger partial charge in [-0.2, -0.15) is 5.10 Å². The number of aromatic nitrogens is 3. The molecule has 0 aliphatic heterocycles. The molecule has 0 bridgehead atoms. The molecule has 1 aromatic heterocycles. The van der Waals surface area contributed by atoms with Gasteiger partial charge in [-0.25, -0.2) is 4.98 Å². The van der Waals surface area contributed by atoms with Gasteiger partial charge >= 0.3 is 5.97 Å². The van der Waals surface area contributed by atoms with Crippen molar-refractivity contribution in [3.8, 4) is 0 Å². The van der Waals surface area contributed by atoms with E-state index in [1.54, 1.807) is 11.0 Å². The summed E-state index contributed by atoms with van der Waals surface area (Å²) in [6.45, 7) is 6.84. The Balaban J connectivity index is 1.97. The zero-order valence-corrected chi connectivity index (χ0v) is 9.84. The van der Waals surface area contributed by atoms with E-state index in [4.69, 9.17) is 5.11 Å². The molecule has 16 heavy (non-hydrogen) atoms. The Kier molecular flexibility index (Phi) is 2.48. The highest BCUT2D eigenvalue weighted by molar-refractivity contribution is 5.73. The van der Waals surface area contributed by atoms with E-state index < -0.39 is 5.97 Å². The summed E-state index contributed by atoms with van der Waals surface area (Å²) in [6, 6.07) is 0. The number of carbonyl (C=O) groups is 1. The van der Waals surface area contributed by atoms with E-state index >= 15 is 0 Å². The molecule has 1 N–H and O–H groups in total. The minimum Gasteiger partial charge on any atom is -0.481 e. The Bertz CT molecular complexity index is 406. The van der Waals surface area contributed by atoms with Crippen molar-refractivity contribution in [3.05, 3.63) is 12.2 Å². The molecule has 5 heteroatoms. The number of carboxylic acids is 1. The second-order valence-electron chi connectivity index (χ2n) is 5.48. The molecule has 1 heterocycles. The van der Waals surface area contributed by atoms with Gasteiger partial charge in [0.2, 0.25) is 0 Å². The second-order valence-corrected chi connectivity index (χ2v) is 5.48. The lowest BCUT2D eigenvalue weighted by molar-refractivity contribution is -0.138. The summed E-state index contributed by atoms with van der Waals surface area (Å²) >= 11 is 0. The molecule has 5 nitrogen and oxygen atoms in total. The van der Waals surface area contributed by atoms with Gasteiger partial charge in [-0.1, -0.05) is 20.8 Å². The van der Waals surface area contributed by atoms with Gasteiger partial charge in [0.1, 0.15) is 6.33 Å². The lowest BCUT2D eigenvalue weighted by Gasteiger charge is -2.12. The van der Waals surface area contributed by atoms with E-state index in [2.05, 4.69) is 30.9 Å². The van der Waals surface area contributed by atoms with Crippen LogP contribution in [0.15, 0.2) is 6.33 Å². The Morgan fingerprint density at radius 3 is 2.75 bits per heavy atom. The zero-order valence-electron chi connectivity index (χ0n) is 9.84. The smallest absolute Gasteiger partial charge is 0.306 e. The van der Waals surface area contributed by atoms with E-state index in [1.165, 1.54) is 0 Å². The molecule has 0 spiro atoms. The van der Waals surface area contributed by atoms with Crippen LogP contribution in [0.2, 0.25) is 0 Å². The van der Waals surface area contributed by atoms with Gasteiger partial charge in [-0.3, -0.25) is 9.48 Å². The fourth-order valence-corrected chi connectivity index (χ4v) is 1.72. The molecule has 1 aliphatic rings. The highest BCUT2D eigenvalue weighted by Crippen LogP contribution is 2.39. The van der Waals surface area contributed by atoms with Gasteiger partial charge in [0, 0.05) is 12.0 Å². The third-order valence-corrected chi connectivity index (χ3v) is 2.87. The summed E-state index contributed by atoms with van der Waals surface area (Å²) < 4.78 is 1.76. The molecule has 0 saturated heterocycles. The van der Waals surface area contributed by atoms with E-state index in [0.29, 0.717) is 6.54 Å². The van der Waals surface area contributed by atoms with Crippen molar-refractivity contribution >= 4 is 5.97 Å². The average Bonchev–Trinajstić information content (AvgIpc) is 2.71. The van der Waals surface area contributed by atoms with Crippen molar-refractivity contribution in [1.29, 1.82) is 0 Å². The first-order valence-electron chi connectivity index (χ1n) is 5.50. The van der Waals surface area contributed by atoms with Gasteiger partial charge in [-0.05, 0) is 12.3 Å². The van der Waals surface area contributed by atoms with Crippen LogP contribution in [0.3, 0.4) is 0 Å². The fourth-order valence-electron chi connectivity index (χ4n) is 1.72. The summed E-state index contributed by atoms with van der Waals surface area (Å²) in [5.74, 6) is 0.162. The van der Waals surface area contributed by atoms with Crippen LogP contribution in [0, 0.1) is 11.8 Å². The van der Waals surface area contributed by atoms with Crippen molar-refractivity contribution in [1.82, 2.24) is 14.8 Å². The monoisotopic (exact) mass is 223 g/mol.